The van der Waals surface area contributed by atoms with Gasteiger partial charge in [0.15, 0.2) is 0 Å². The summed E-state index contributed by atoms with van der Waals surface area (Å²) in [6.07, 6.45) is 6.85. The number of fused-ring (bicyclic) bond motifs is 2. The van der Waals surface area contributed by atoms with Gasteiger partial charge in [-0.15, -0.1) is 0 Å². The lowest BCUT2D eigenvalue weighted by atomic mass is 9.97. The molecule has 0 unspecified atom stereocenters. The van der Waals surface area contributed by atoms with Crippen LogP contribution in [0.4, 0.5) is 0 Å². The van der Waals surface area contributed by atoms with E-state index < -0.39 is 0 Å². The Kier molecular flexibility index (Phi) is 6.80. The van der Waals surface area contributed by atoms with Gasteiger partial charge in [0.2, 0.25) is 0 Å². The molecule has 0 fully saturated rings. The van der Waals surface area contributed by atoms with Crippen LogP contribution in [0.3, 0.4) is 0 Å². The average molecular weight is 426 g/mol. The third-order valence-corrected chi connectivity index (χ3v) is 6.28. The molecule has 0 aromatic heterocycles. The molecule has 6 rings (SSSR count). The largest absolute Gasteiger partial charge is 0.0814 e. The van der Waals surface area contributed by atoms with Crippen molar-refractivity contribution >= 4 is 20.6 Å². The summed E-state index contributed by atoms with van der Waals surface area (Å²) in [4.78, 5) is 0. The lowest BCUT2D eigenvalue weighted by Gasteiger charge is -2.07. The van der Waals surface area contributed by atoms with Gasteiger partial charge in [-0.1, -0.05) is 120 Å². The van der Waals surface area contributed by atoms with E-state index in [-0.39, 0.29) is 8.41 Å². The van der Waals surface area contributed by atoms with Gasteiger partial charge in [-0.2, -0.15) is 0 Å². The first-order valence-corrected chi connectivity index (χ1v) is 11.4. The van der Waals surface area contributed by atoms with E-state index in [1.807, 2.05) is 0 Å². The van der Waals surface area contributed by atoms with E-state index in [2.05, 4.69) is 123 Å². The van der Waals surface area contributed by atoms with Crippen LogP contribution < -0.4 is 0 Å². The fourth-order valence-corrected chi connectivity index (χ4v) is 4.81. The zero-order valence-electron chi connectivity index (χ0n) is 18.8. The molecule has 4 aromatic carbocycles. The molecule has 0 heterocycles. The van der Waals surface area contributed by atoms with Crippen LogP contribution in [0, 0.1) is 0 Å². The third-order valence-electron chi connectivity index (χ3n) is 6.28. The van der Waals surface area contributed by atoms with E-state index in [9.17, 15) is 0 Å². The molecule has 0 nitrogen and oxygen atoms in total. The maximum absolute atomic E-state index is 2.32. The van der Waals surface area contributed by atoms with E-state index in [0.717, 1.165) is 12.8 Å². The molecule has 0 amide bonds. The molecule has 2 aliphatic carbocycles. The molecule has 0 aliphatic heterocycles. The van der Waals surface area contributed by atoms with E-state index in [1.165, 1.54) is 55.7 Å². The Morgan fingerprint density at radius 3 is 1.24 bits per heavy atom. The first-order valence-electron chi connectivity index (χ1n) is 11.4. The van der Waals surface area contributed by atoms with Crippen molar-refractivity contribution in [3.8, 4) is 22.3 Å². The number of allylic oxidation sites excluding steroid dienone is 2. The van der Waals surface area contributed by atoms with Crippen LogP contribution in [0.25, 0.3) is 34.4 Å². The Morgan fingerprint density at radius 1 is 0.455 bits per heavy atom. The number of benzene rings is 4. The highest BCUT2D eigenvalue weighted by Crippen LogP contribution is 2.34. The maximum Gasteiger partial charge on any atom is 0.0814 e. The molecule has 0 N–H and O–H groups in total. The maximum atomic E-state index is 2.32. The SMILES string of the molecule is B.CC1=Cc2c(cccc2-c2ccccc2)C1.CC1=Cc2c(cccc2-c2ccccc2)C1. The standard InChI is InChI=1S/2C16H14.BH3/c2*1-12-10-14-8-5-9-15(16(14)11-12)13-6-3-2-4-7-13;/h2*2-9,11H,10H2,1H3;1H3. The summed E-state index contributed by atoms with van der Waals surface area (Å²) in [7, 11) is 0. The van der Waals surface area contributed by atoms with Gasteiger partial charge in [0.05, 0.1) is 8.41 Å². The molecule has 4 aromatic rings. The molecule has 33 heavy (non-hydrogen) atoms. The molecule has 2 aliphatic rings. The fourth-order valence-electron chi connectivity index (χ4n) is 4.81. The van der Waals surface area contributed by atoms with E-state index in [0.29, 0.717) is 0 Å². The van der Waals surface area contributed by atoms with Crippen LogP contribution in [0.5, 0.6) is 0 Å². The summed E-state index contributed by atoms with van der Waals surface area (Å²) >= 11 is 0. The number of hydrogen-bond acceptors (Lipinski definition) is 0. The van der Waals surface area contributed by atoms with Gasteiger partial charge >= 0.3 is 0 Å². The third kappa shape index (κ3) is 4.78. The molecular formula is C32H31B. The van der Waals surface area contributed by atoms with Gasteiger partial charge in [-0.3, -0.25) is 0 Å². The van der Waals surface area contributed by atoms with Crippen LogP contribution >= 0.6 is 0 Å². The van der Waals surface area contributed by atoms with Crippen molar-refractivity contribution in [2.45, 2.75) is 26.7 Å². The van der Waals surface area contributed by atoms with Crippen molar-refractivity contribution in [2.24, 2.45) is 0 Å². The molecule has 0 saturated carbocycles. The molecule has 0 saturated heterocycles. The van der Waals surface area contributed by atoms with Gasteiger partial charge in [0.25, 0.3) is 0 Å². The molecule has 0 spiro atoms. The molecule has 162 valence electrons. The highest BCUT2D eigenvalue weighted by atomic mass is 14.2. The van der Waals surface area contributed by atoms with E-state index in [1.54, 1.807) is 0 Å². The van der Waals surface area contributed by atoms with Crippen LogP contribution in [-0.4, -0.2) is 8.41 Å². The Hall–Kier alpha value is -3.58. The quantitative estimate of drug-likeness (QED) is 0.292. The van der Waals surface area contributed by atoms with Crippen LogP contribution in [-0.2, 0) is 12.8 Å². The minimum absolute atomic E-state index is 0. The molecule has 0 bridgehead atoms. The second-order valence-corrected chi connectivity index (χ2v) is 8.82. The summed E-state index contributed by atoms with van der Waals surface area (Å²) in [6.45, 7) is 4.41. The van der Waals surface area contributed by atoms with Crippen LogP contribution in [0.2, 0.25) is 0 Å². The van der Waals surface area contributed by atoms with Crippen LogP contribution in [0.1, 0.15) is 36.1 Å². The van der Waals surface area contributed by atoms with E-state index in [4.69, 9.17) is 0 Å². The minimum atomic E-state index is 0. The van der Waals surface area contributed by atoms with Crippen molar-refractivity contribution < 1.29 is 0 Å². The summed E-state index contributed by atoms with van der Waals surface area (Å²) in [5, 5.41) is 0. The lowest BCUT2D eigenvalue weighted by molar-refractivity contribution is 1.20. The highest BCUT2D eigenvalue weighted by molar-refractivity contribution is 5.81. The van der Waals surface area contributed by atoms with Gasteiger partial charge < -0.3 is 0 Å². The van der Waals surface area contributed by atoms with Crippen molar-refractivity contribution in [2.75, 3.05) is 0 Å². The Bertz CT molecular complexity index is 1210. The monoisotopic (exact) mass is 426 g/mol. The van der Waals surface area contributed by atoms with Gasteiger partial charge in [-0.25, -0.2) is 0 Å². The highest BCUT2D eigenvalue weighted by Gasteiger charge is 2.14. The second-order valence-electron chi connectivity index (χ2n) is 8.82. The Morgan fingerprint density at radius 2 is 0.848 bits per heavy atom. The smallest absolute Gasteiger partial charge is 0.0683 e. The predicted octanol–water partition coefficient (Wildman–Crippen LogP) is 7.44. The normalized spacial score (nSPS) is 13.0. The second kappa shape index (κ2) is 9.92. The lowest BCUT2D eigenvalue weighted by Crippen LogP contribution is -1.86. The summed E-state index contributed by atoms with van der Waals surface area (Å²) in [6, 6.07) is 34.4. The van der Waals surface area contributed by atoms with E-state index >= 15 is 0 Å². The predicted molar refractivity (Wildman–Crippen MR) is 148 cm³/mol. The molecule has 1 heteroatoms. The fraction of sp³-hybridized carbons (Fsp3) is 0.125. The van der Waals surface area contributed by atoms with Gasteiger partial charge in [0.1, 0.15) is 0 Å². The summed E-state index contributed by atoms with van der Waals surface area (Å²) in [5.41, 5.74) is 14.0. The first-order chi connectivity index (χ1) is 15.7. The summed E-state index contributed by atoms with van der Waals surface area (Å²) < 4.78 is 0. The minimum Gasteiger partial charge on any atom is -0.0683 e. The van der Waals surface area contributed by atoms with Gasteiger partial charge in [0, 0.05) is 0 Å². The number of hydrogen-bond donors (Lipinski definition) is 0. The topological polar surface area (TPSA) is 0 Å². The summed E-state index contributed by atoms with van der Waals surface area (Å²) in [5.74, 6) is 0. The van der Waals surface area contributed by atoms with Crippen molar-refractivity contribution in [3.63, 3.8) is 0 Å². The molecule has 0 radical (unpaired) electrons. The zero-order chi connectivity index (χ0) is 21.9. The first kappa shape index (κ1) is 22.6. The zero-order valence-corrected chi connectivity index (χ0v) is 18.8. The van der Waals surface area contributed by atoms with Crippen molar-refractivity contribution in [3.05, 3.63) is 130 Å². The molecular weight excluding hydrogens is 395 g/mol. The molecule has 0 atom stereocenters. The van der Waals surface area contributed by atoms with Gasteiger partial charge in [-0.05, 0) is 71.2 Å². The Balaban J connectivity index is 0.000000152. The van der Waals surface area contributed by atoms with Crippen molar-refractivity contribution in [1.82, 2.24) is 0 Å². The Labute approximate surface area is 199 Å². The van der Waals surface area contributed by atoms with Crippen LogP contribution in [0.15, 0.2) is 108 Å². The average Bonchev–Trinajstić information content (AvgIpc) is 3.41. The van der Waals surface area contributed by atoms with Crippen molar-refractivity contribution in [1.29, 1.82) is 0 Å². The number of rotatable bonds is 2.